The molecule has 0 bridgehead atoms. The Morgan fingerprint density at radius 3 is 2.72 bits per heavy atom. The second kappa shape index (κ2) is 7.16. The molecule has 1 saturated carbocycles. The van der Waals surface area contributed by atoms with E-state index >= 15 is 0 Å². The largest absolute Gasteiger partial charge is 0.311 e. The van der Waals surface area contributed by atoms with Crippen LogP contribution in [0.25, 0.3) is 0 Å². The Labute approximate surface area is 117 Å². The molecule has 0 spiro atoms. The molecular formula is C15H30N2S. The van der Waals surface area contributed by atoms with Crippen molar-refractivity contribution in [1.82, 2.24) is 10.2 Å². The highest BCUT2D eigenvalue weighted by molar-refractivity contribution is 7.99. The van der Waals surface area contributed by atoms with E-state index in [0.717, 1.165) is 23.9 Å². The van der Waals surface area contributed by atoms with Crippen LogP contribution < -0.4 is 5.32 Å². The van der Waals surface area contributed by atoms with Gasteiger partial charge in [0.15, 0.2) is 0 Å². The molecule has 3 heteroatoms. The van der Waals surface area contributed by atoms with Gasteiger partial charge < -0.3 is 5.32 Å². The van der Waals surface area contributed by atoms with Crippen molar-refractivity contribution in [1.29, 1.82) is 0 Å². The van der Waals surface area contributed by atoms with E-state index in [4.69, 9.17) is 0 Å². The molecule has 0 aromatic heterocycles. The molecule has 2 fully saturated rings. The third-order valence-corrected chi connectivity index (χ3v) is 5.59. The zero-order chi connectivity index (χ0) is 13.0. The third-order valence-electron chi connectivity index (χ3n) is 4.71. The van der Waals surface area contributed by atoms with Crippen molar-refractivity contribution in [2.75, 3.05) is 31.1 Å². The van der Waals surface area contributed by atoms with Crippen LogP contribution in [0.4, 0.5) is 0 Å². The fraction of sp³-hybridized carbons (Fsp3) is 1.00. The first-order chi connectivity index (χ1) is 8.76. The predicted molar refractivity (Wildman–Crippen MR) is 82.3 cm³/mol. The van der Waals surface area contributed by atoms with Crippen LogP contribution in [0, 0.1) is 11.8 Å². The molecule has 1 aliphatic heterocycles. The molecular weight excluding hydrogens is 240 g/mol. The van der Waals surface area contributed by atoms with Gasteiger partial charge in [-0.15, -0.1) is 0 Å². The van der Waals surface area contributed by atoms with Gasteiger partial charge in [-0.2, -0.15) is 11.8 Å². The molecule has 1 N–H and O–H groups in total. The molecule has 0 radical (unpaired) electrons. The summed E-state index contributed by atoms with van der Waals surface area (Å²) in [6.07, 6.45) is 4.23. The molecule has 106 valence electrons. The van der Waals surface area contributed by atoms with E-state index in [1.54, 1.807) is 0 Å². The molecule has 3 unspecified atom stereocenters. The summed E-state index contributed by atoms with van der Waals surface area (Å²) in [5.41, 5.74) is 0. The topological polar surface area (TPSA) is 15.3 Å². The summed E-state index contributed by atoms with van der Waals surface area (Å²) in [5, 5.41) is 3.82. The van der Waals surface area contributed by atoms with E-state index in [1.165, 1.54) is 50.4 Å². The Morgan fingerprint density at radius 2 is 2.11 bits per heavy atom. The van der Waals surface area contributed by atoms with Gasteiger partial charge in [0, 0.05) is 37.5 Å². The SMILES string of the molecule is CCSCCN1CC(C2CC2)NCC1C(C)CC. The van der Waals surface area contributed by atoms with Crippen molar-refractivity contribution in [3.63, 3.8) is 0 Å². The lowest BCUT2D eigenvalue weighted by Crippen LogP contribution is -2.59. The van der Waals surface area contributed by atoms with Gasteiger partial charge in [0.25, 0.3) is 0 Å². The number of hydrogen-bond donors (Lipinski definition) is 1. The van der Waals surface area contributed by atoms with E-state index in [0.29, 0.717) is 0 Å². The summed E-state index contributed by atoms with van der Waals surface area (Å²) in [7, 11) is 0. The highest BCUT2D eigenvalue weighted by Gasteiger charge is 2.37. The molecule has 2 nitrogen and oxygen atoms in total. The van der Waals surface area contributed by atoms with Crippen LogP contribution in [-0.4, -0.2) is 48.1 Å². The average molecular weight is 270 g/mol. The number of nitrogens with zero attached hydrogens (tertiary/aromatic N) is 1. The molecule has 18 heavy (non-hydrogen) atoms. The monoisotopic (exact) mass is 270 g/mol. The van der Waals surface area contributed by atoms with Gasteiger partial charge >= 0.3 is 0 Å². The van der Waals surface area contributed by atoms with Gasteiger partial charge in [-0.3, -0.25) is 4.90 Å². The first-order valence-corrected chi connectivity index (χ1v) is 8.96. The minimum Gasteiger partial charge on any atom is -0.311 e. The Bertz CT molecular complexity index is 243. The minimum atomic E-state index is 0.766. The van der Waals surface area contributed by atoms with Crippen LogP contribution >= 0.6 is 11.8 Å². The quantitative estimate of drug-likeness (QED) is 0.716. The molecule has 1 aliphatic carbocycles. The molecule has 0 aromatic rings. The molecule has 2 aliphatic rings. The lowest BCUT2D eigenvalue weighted by atomic mass is 9.93. The van der Waals surface area contributed by atoms with Gasteiger partial charge in [0.05, 0.1) is 0 Å². The molecule has 0 aromatic carbocycles. The first kappa shape index (κ1) is 14.7. The number of piperazine rings is 1. The Hall–Kier alpha value is 0.270. The fourth-order valence-corrected chi connectivity index (χ4v) is 3.74. The number of rotatable bonds is 7. The fourth-order valence-electron chi connectivity index (χ4n) is 3.08. The molecule has 1 heterocycles. The summed E-state index contributed by atoms with van der Waals surface area (Å²) in [6.45, 7) is 10.8. The van der Waals surface area contributed by atoms with Gasteiger partial charge in [-0.05, 0) is 30.4 Å². The van der Waals surface area contributed by atoms with Crippen LogP contribution in [0.15, 0.2) is 0 Å². The Kier molecular flexibility index (Phi) is 5.84. The van der Waals surface area contributed by atoms with Crippen LogP contribution in [-0.2, 0) is 0 Å². The number of nitrogens with one attached hydrogen (secondary N) is 1. The van der Waals surface area contributed by atoms with Gasteiger partial charge in [-0.1, -0.05) is 27.2 Å². The maximum atomic E-state index is 3.82. The average Bonchev–Trinajstić information content (AvgIpc) is 3.22. The summed E-state index contributed by atoms with van der Waals surface area (Å²) < 4.78 is 0. The second-order valence-corrected chi connectivity index (χ2v) is 7.39. The molecule has 3 atom stereocenters. The number of thioether (sulfide) groups is 1. The highest BCUT2D eigenvalue weighted by Crippen LogP contribution is 2.35. The van der Waals surface area contributed by atoms with Crippen molar-refractivity contribution < 1.29 is 0 Å². The maximum absolute atomic E-state index is 3.82. The van der Waals surface area contributed by atoms with Crippen molar-refractivity contribution in [3.05, 3.63) is 0 Å². The third kappa shape index (κ3) is 3.88. The van der Waals surface area contributed by atoms with Gasteiger partial charge in [0.1, 0.15) is 0 Å². The molecule has 2 rings (SSSR count). The summed E-state index contributed by atoms with van der Waals surface area (Å²) in [6, 6.07) is 1.55. The first-order valence-electron chi connectivity index (χ1n) is 7.81. The highest BCUT2D eigenvalue weighted by atomic mass is 32.2. The minimum absolute atomic E-state index is 0.766. The van der Waals surface area contributed by atoms with E-state index in [-0.39, 0.29) is 0 Å². The van der Waals surface area contributed by atoms with E-state index in [2.05, 4.69) is 42.7 Å². The normalized spacial score (nSPS) is 31.5. The molecule has 1 saturated heterocycles. The lowest BCUT2D eigenvalue weighted by molar-refractivity contribution is 0.0923. The summed E-state index contributed by atoms with van der Waals surface area (Å²) >= 11 is 2.09. The van der Waals surface area contributed by atoms with Crippen LogP contribution in [0.2, 0.25) is 0 Å². The van der Waals surface area contributed by atoms with E-state index in [1.807, 2.05) is 0 Å². The lowest BCUT2D eigenvalue weighted by Gasteiger charge is -2.43. The van der Waals surface area contributed by atoms with Gasteiger partial charge in [-0.25, -0.2) is 0 Å². The Morgan fingerprint density at radius 1 is 1.33 bits per heavy atom. The van der Waals surface area contributed by atoms with Crippen molar-refractivity contribution in [2.24, 2.45) is 11.8 Å². The summed E-state index contributed by atoms with van der Waals surface area (Å²) in [5.74, 6) is 4.38. The molecule has 0 amide bonds. The second-order valence-electron chi connectivity index (χ2n) is 6.00. The van der Waals surface area contributed by atoms with Crippen LogP contribution in [0.3, 0.4) is 0 Å². The smallest absolute Gasteiger partial charge is 0.0247 e. The van der Waals surface area contributed by atoms with Crippen molar-refractivity contribution >= 4 is 11.8 Å². The Balaban J connectivity index is 1.87. The number of hydrogen-bond acceptors (Lipinski definition) is 3. The van der Waals surface area contributed by atoms with E-state index < -0.39 is 0 Å². The van der Waals surface area contributed by atoms with Crippen LogP contribution in [0.5, 0.6) is 0 Å². The zero-order valence-corrected chi connectivity index (χ0v) is 13.1. The standard InChI is InChI=1S/C15H30N2S/c1-4-12(3)15-10-16-14(13-6-7-13)11-17(15)8-9-18-5-2/h12-16H,4-11H2,1-3H3. The van der Waals surface area contributed by atoms with Crippen molar-refractivity contribution in [3.8, 4) is 0 Å². The van der Waals surface area contributed by atoms with Gasteiger partial charge in [0.2, 0.25) is 0 Å². The summed E-state index contributed by atoms with van der Waals surface area (Å²) in [4.78, 5) is 2.79. The van der Waals surface area contributed by atoms with E-state index in [9.17, 15) is 0 Å². The zero-order valence-electron chi connectivity index (χ0n) is 12.3. The van der Waals surface area contributed by atoms with Crippen molar-refractivity contribution in [2.45, 2.75) is 52.1 Å². The predicted octanol–water partition coefficient (Wildman–Crippen LogP) is 2.84. The maximum Gasteiger partial charge on any atom is 0.0247 e. The van der Waals surface area contributed by atoms with Crippen LogP contribution in [0.1, 0.15) is 40.0 Å².